The van der Waals surface area contributed by atoms with Gasteiger partial charge in [0.15, 0.2) is 16.7 Å². The highest BCUT2D eigenvalue weighted by atomic mass is 32.2. The van der Waals surface area contributed by atoms with Gasteiger partial charge < -0.3 is 14.4 Å². The van der Waals surface area contributed by atoms with Gasteiger partial charge >= 0.3 is 0 Å². The van der Waals surface area contributed by atoms with Crippen LogP contribution in [0.4, 0.5) is 8.78 Å². The van der Waals surface area contributed by atoms with E-state index in [0.29, 0.717) is 19.8 Å². The number of fused-ring (bicyclic) bond motifs is 2. The Bertz CT molecular complexity index is 1580. The van der Waals surface area contributed by atoms with E-state index < -0.39 is 0 Å². The first-order valence-electron chi connectivity index (χ1n) is 12.8. The highest BCUT2D eigenvalue weighted by Crippen LogP contribution is 2.49. The molecule has 3 aromatic carbocycles. The molecule has 3 aromatic rings. The van der Waals surface area contributed by atoms with Crippen LogP contribution in [-0.4, -0.2) is 48.3 Å². The van der Waals surface area contributed by atoms with E-state index in [-0.39, 0.29) is 17.7 Å². The summed E-state index contributed by atoms with van der Waals surface area (Å²) in [4.78, 5) is 9.68. The van der Waals surface area contributed by atoms with Crippen LogP contribution >= 0.6 is 11.8 Å². The molecule has 7 rings (SSSR count). The molecule has 0 spiro atoms. The fourth-order valence-corrected chi connectivity index (χ4v) is 6.47. The van der Waals surface area contributed by atoms with E-state index >= 15 is 0 Å². The second-order valence-corrected chi connectivity index (χ2v) is 10.8. The van der Waals surface area contributed by atoms with Gasteiger partial charge in [-0.25, -0.2) is 13.8 Å². The lowest BCUT2D eigenvalue weighted by molar-refractivity contribution is 0.171. The molecule has 4 aliphatic rings. The lowest BCUT2D eigenvalue weighted by Crippen LogP contribution is -2.40. The largest absolute Gasteiger partial charge is 0.486 e. The first-order chi connectivity index (χ1) is 19.0. The Labute approximate surface area is 229 Å². The molecule has 1 unspecified atom stereocenters. The molecule has 196 valence electrons. The quantitative estimate of drug-likeness (QED) is 0.380. The Balaban J connectivity index is 1.36. The molecule has 0 aromatic heterocycles. The van der Waals surface area contributed by atoms with Crippen molar-refractivity contribution in [1.82, 2.24) is 9.80 Å². The van der Waals surface area contributed by atoms with Gasteiger partial charge in [-0.1, -0.05) is 36.0 Å². The summed E-state index contributed by atoms with van der Waals surface area (Å²) < 4.78 is 39.2. The molecule has 0 bridgehead atoms. The van der Waals surface area contributed by atoms with Gasteiger partial charge in [-0.2, -0.15) is 0 Å². The summed E-state index contributed by atoms with van der Waals surface area (Å²) in [6, 6.07) is 19.1. The van der Waals surface area contributed by atoms with Gasteiger partial charge in [0.2, 0.25) is 0 Å². The summed E-state index contributed by atoms with van der Waals surface area (Å²) >= 11 is 1.58. The van der Waals surface area contributed by atoms with Crippen LogP contribution in [0.25, 0.3) is 11.8 Å². The van der Waals surface area contributed by atoms with Gasteiger partial charge in [-0.3, -0.25) is 4.90 Å². The Morgan fingerprint density at radius 1 is 0.897 bits per heavy atom. The zero-order valence-corrected chi connectivity index (χ0v) is 22.1. The van der Waals surface area contributed by atoms with Crippen LogP contribution < -0.4 is 9.47 Å². The number of amidine groups is 1. The number of thioether (sulfide) groups is 1. The van der Waals surface area contributed by atoms with Crippen LogP contribution in [0.3, 0.4) is 0 Å². The SMILES string of the molecule is CN1CC(=Cc2ccc(F)cc2)C2=C(C1)C(c1ccc(F)cc1)N1C(c3ccc4c(c3)OCCO4)=CSC1=N2. The molecule has 5 nitrogen and oxygen atoms in total. The number of aliphatic imine (C=N–C) groups is 1. The predicted octanol–water partition coefficient (Wildman–Crippen LogP) is 6.48. The van der Waals surface area contributed by atoms with Crippen molar-refractivity contribution < 1.29 is 18.3 Å². The third kappa shape index (κ3) is 4.43. The fraction of sp³-hybridized carbons (Fsp3) is 0.194. The molecule has 0 aliphatic carbocycles. The molecule has 0 saturated heterocycles. The van der Waals surface area contributed by atoms with Gasteiger partial charge in [0.05, 0.1) is 17.4 Å². The molecule has 4 heterocycles. The van der Waals surface area contributed by atoms with Gasteiger partial charge in [-0.05, 0) is 77.9 Å². The van der Waals surface area contributed by atoms with Crippen molar-refractivity contribution in [2.45, 2.75) is 6.04 Å². The van der Waals surface area contributed by atoms with Crippen LogP contribution in [-0.2, 0) is 0 Å². The van der Waals surface area contributed by atoms with E-state index in [0.717, 1.165) is 62.4 Å². The minimum atomic E-state index is -0.270. The summed E-state index contributed by atoms with van der Waals surface area (Å²) in [5.74, 6) is 0.942. The topological polar surface area (TPSA) is 37.3 Å². The first-order valence-corrected chi connectivity index (χ1v) is 13.7. The number of nitrogens with zero attached hydrogens (tertiary/aromatic N) is 3. The van der Waals surface area contributed by atoms with Gasteiger partial charge in [0.25, 0.3) is 0 Å². The van der Waals surface area contributed by atoms with E-state index in [1.807, 2.05) is 30.3 Å². The van der Waals surface area contributed by atoms with Crippen LogP contribution in [0.5, 0.6) is 11.5 Å². The molecule has 1 atom stereocenters. The Morgan fingerprint density at radius 2 is 1.62 bits per heavy atom. The lowest BCUT2D eigenvalue weighted by Gasteiger charge is -2.42. The maximum absolute atomic E-state index is 14.0. The Morgan fingerprint density at radius 3 is 2.38 bits per heavy atom. The summed E-state index contributed by atoms with van der Waals surface area (Å²) in [6.45, 7) is 2.49. The maximum atomic E-state index is 14.0. The Kier molecular flexibility index (Phi) is 6.01. The third-order valence-electron chi connectivity index (χ3n) is 7.26. The smallest absolute Gasteiger partial charge is 0.174 e. The molecule has 0 radical (unpaired) electrons. The molecular weight excluding hydrogens is 516 g/mol. The van der Waals surface area contributed by atoms with Crippen LogP contribution in [0, 0.1) is 11.6 Å². The minimum Gasteiger partial charge on any atom is -0.486 e. The maximum Gasteiger partial charge on any atom is 0.174 e. The second-order valence-electron chi connectivity index (χ2n) is 9.97. The molecule has 0 saturated carbocycles. The summed E-state index contributed by atoms with van der Waals surface area (Å²) in [6.07, 6.45) is 2.08. The zero-order chi connectivity index (χ0) is 26.5. The lowest BCUT2D eigenvalue weighted by atomic mass is 9.88. The van der Waals surface area contributed by atoms with Crippen LogP contribution in [0.15, 0.2) is 94.0 Å². The van der Waals surface area contributed by atoms with Crippen LogP contribution in [0.2, 0.25) is 0 Å². The van der Waals surface area contributed by atoms with Crippen molar-refractivity contribution in [3.63, 3.8) is 0 Å². The van der Waals surface area contributed by atoms with E-state index in [1.165, 1.54) is 24.3 Å². The van der Waals surface area contributed by atoms with E-state index in [1.54, 1.807) is 23.9 Å². The van der Waals surface area contributed by atoms with Gasteiger partial charge in [0.1, 0.15) is 24.8 Å². The normalized spacial score (nSPS) is 21.5. The number of hydrogen-bond donors (Lipinski definition) is 0. The monoisotopic (exact) mass is 541 g/mol. The number of hydrogen-bond acceptors (Lipinski definition) is 6. The van der Waals surface area contributed by atoms with Crippen molar-refractivity contribution >= 4 is 28.7 Å². The zero-order valence-electron chi connectivity index (χ0n) is 21.2. The average Bonchev–Trinajstić information content (AvgIpc) is 3.37. The van der Waals surface area contributed by atoms with E-state index in [4.69, 9.17) is 14.5 Å². The predicted molar refractivity (Wildman–Crippen MR) is 150 cm³/mol. The molecule has 4 aliphatic heterocycles. The van der Waals surface area contributed by atoms with Crippen molar-refractivity contribution in [1.29, 1.82) is 0 Å². The number of rotatable bonds is 3. The number of likely N-dealkylation sites (N-methyl/N-ethyl adjacent to an activating group) is 1. The summed E-state index contributed by atoms with van der Waals surface area (Å²) in [5, 5.41) is 2.98. The average molecular weight is 542 g/mol. The molecular formula is C31H25F2N3O2S. The minimum absolute atomic E-state index is 0.179. The number of benzene rings is 3. The molecule has 0 fully saturated rings. The van der Waals surface area contributed by atoms with Crippen molar-refractivity contribution in [3.05, 3.63) is 117 Å². The molecule has 8 heteroatoms. The van der Waals surface area contributed by atoms with Crippen molar-refractivity contribution in [3.8, 4) is 11.5 Å². The highest BCUT2D eigenvalue weighted by Gasteiger charge is 2.41. The van der Waals surface area contributed by atoms with Crippen molar-refractivity contribution in [2.24, 2.45) is 4.99 Å². The summed E-state index contributed by atoms with van der Waals surface area (Å²) in [7, 11) is 2.08. The van der Waals surface area contributed by atoms with Gasteiger partial charge in [0, 0.05) is 24.1 Å². The Hall–Kier alpha value is -3.88. The molecule has 0 amide bonds. The number of ether oxygens (including phenoxy) is 2. The highest BCUT2D eigenvalue weighted by molar-refractivity contribution is 8.16. The van der Waals surface area contributed by atoms with Gasteiger partial charge in [-0.15, -0.1) is 0 Å². The molecule has 39 heavy (non-hydrogen) atoms. The second kappa shape index (κ2) is 9.70. The first kappa shape index (κ1) is 24.2. The standard InChI is InChI=1S/C31H25F2N3O2S/c1-35-16-22(14-19-2-7-23(32)8-3-19)29-25(17-35)30(20-4-9-24(33)10-5-20)36-26(18-39-31(36)34-29)21-6-11-27-28(15-21)38-13-12-37-27/h2-11,14-15,18,30H,12-13,16-17H2,1H3. The number of halogens is 2. The summed E-state index contributed by atoms with van der Waals surface area (Å²) in [5.41, 5.74) is 7.06. The fourth-order valence-electron chi connectivity index (χ4n) is 5.54. The van der Waals surface area contributed by atoms with E-state index in [9.17, 15) is 8.78 Å². The van der Waals surface area contributed by atoms with Crippen molar-refractivity contribution in [2.75, 3.05) is 33.4 Å². The molecule has 0 N–H and O–H groups in total. The van der Waals surface area contributed by atoms with E-state index in [2.05, 4.69) is 28.3 Å². The third-order valence-corrected chi connectivity index (χ3v) is 8.10. The van der Waals surface area contributed by atoms with Crippen LogP contribution in [0.1, 0.15) is 22.7 Å².